The van der Waals surface area contributed by atoms with Gasteiger partial charge in [0.15, 0.2) is 0 Å². The topological polar surface area (TPSA) is 75.4 Å². The molecular formula is C22H22ClN3O3. The molecule has 0 saturated carbocycles. The van der Waals surface area contributed by atoms with Gasteiger partial charge in [0.2, 0.25) is 11.2 Å². The van der Waals surface area contributed by atoms with Crippen molar-refractivity contribution in [2.45, 2.75) is 31.4 Å². The van der Waals surface area contributed by atoms with Crippen LogP contribution in [0.4, 0.5) is 0 Å². The van der Waals surface area contributed by atoms with Crippen LogP contribution in [0.2, 0.25) is 5.28 Å². The highest BCUT2D eigenvalue weighted by Crippen LogP contribution is 2.25. The molecule has 1 atom stereocenters. The Morgan fingerprint density at radius 1 is 1.14 bits per heavy atom. The number of likely N-dealkylation sites (tertiary alicyclic amines) is 1. The molecule has 3 aromatic rings. The molecule has 2 aromatic carbocycles. The molecule has 7 heteroatoms. The van der Waals surface area contributed by atoms with Crippen LogP contribution in [-0.2, 0) is 17.8 Å². The lowest BCUT2D eigenvalue weighted by molar-refractivity contribution is -0.131. The Bertz CT molecular complexity index is 1100. The summed E-state index contributed by atoms with van der Waals surface area (Å²) >= 11 is 6.23. The predicted octanol–water partition coefficient (Wildman–Crippen LogP) is 2.65. The van der Waals surface area contributed by atoms with Crippen LogP contribution < -0.4 is 5.56 Å². The number of aryl methyl sites for hydroxylation is 1. The lowest BCUT2D eigenvalue weighted by atomic mass is 10.0. The second-order valence-corrected chi connectivity index (χ2v) is 7.90. The Hall–Kier alpha value is -2.70. The molecule has 1 fully saturated rings. The molecule has 1 aliphatic heterocycles. The molecule has 1 amide bonds. The lowest BCUT2D eigenvalue weighted by Gasteiger charge is -2.25. The molecule has 0 aliphatic carbocycles. The fourth-order valence-corrected chi connectivity index (χ4v) is 4.05. The minimum Gasteiger partial charge on any atom is -0.386 e. The zero-order valence-electron chi connectivity index (χ0n) is 15.9. The number of aliphatic hydroxyl groups is 1. The van der Waals surface area contributed by atoms with Gasteiger partial charge in [-0.3, -0.25) is 14.2 Å². The van der Waals surface area contributed by atoms with Crippen LogP contribution in [0.1, 0.15) is 18.4 Å². The Labute approximate surface area is 173 Å². The van der Waals surface area contributed by atoms with Crippen molar-refractivity contribution < 1.29 is 9.90 Å². The van der Waals surface area contributed by atoms with Crippen molar-refractivity contribution in [1.82, 2.24) is 14.5 Å². The molecule has 0 spiro atoms. The average molecular weight is 412 g/mol. The summed E-state index contributed by atoms with van der Waals surface area (Å²) in [6.07, 6.45) is 1.44. The van der Waals surface area contributed by atoms with E-state index in [0.717, 1.165) is 5.56 Å². The van der Waals surface area contributed by atoms with Crippen LogP contribution in [0.25, 0.3) is 10.9 Å². The molecule has 0 radical (unpaired) electrons. The molecule has 150 valence electrons. The van der Waals surface area contributed by atoms with Gasteiger partial charge >= 0.3 is 0 Å². The maximum atomic E-state index is 12.8. The van der Waals surface area contributed by atoms with Gasteiger partial charge in [-0.05, 0) is 42.1 Å². The van der Waals surface area contributed by atoms with Crippen molar-refractivity contribution in [3.05, 3.63) is 75.8 Å². The number of benzene rings is 2. The van der Waals surface area contributed by atoms with Gasteiger partial charge in [-0.15, -0.1) is 0 Å². The smallest absolute Gasteiger partial charge is 0.262 e. The van der Waals surface area contributed by atoms with Crippen LogP contribution >= 0.6 is 11.6 Å². The third-order valence-electron chi connectivity index (χ3n) is 5.42. The van der Waals surface area contributed by atoms with Gasteiger partial charge in [0, 0.05) is 13.0 Å². The number of carbonyl (C=O) groups is 1. The third-order valence-corrected chi connectivity index (χ3v) is 5.71. The van der Waals surface area contributed by atoms with Gasteiger partial charge in [-0.2, -0.15) is 0 Å². The molecule has 2 heterocycles. The predicted molar refractivity (Wildman–Crippen MR) is 112 cm³/mol. The number of amides is 1. The monoisotopic (exact) mass is 411 g/mol. The van der Waals surface area contributed by atoms with Gasteiger partial charge in [-0.1, -0.05) is 42.5 Å². The first-order valence-electron chi connectivity index (χ1n) is 9.64. The fraction of sp³-hybridized carbons (Fsp3) is 0.318. The summed E-state index contributed by atoms with van der Waals surface area (Å²) in [4.78, 5) is 31.3. The number of nitrogens with zero attached hydrogens (tertiary/aromatic N) is 3. The zero-order chi connectivity index (χ0) is 20.4. The van der Waals surface area contributed by atoms with Crippen molar-refractivity contribution >= 4 is 28.4 Å². The van der Waals surface area contributed by atoms with Crippen molar-refractivity contribution in [2.24, 2.45) is 0 Å². The van der Waals surface area contributed by atoms with Crippen molar-refractivity contribution in [1.29, 1.82) is 0 Å². The number of β-amino-alcohol motifs (C(OH)–C–C–N with tert-alkyl or cyclic N) is 1. The highest BCUT2D eigenvalue weighted by molar-refractivity contribution is 6.28. The SMILES string of the molecule is O=C(CCc1ccccc1)N1CCC(O)(Cn2c(Cl)nc3ccccc3c2=O)C1. The standard InChI is InChI=1S/C22H22ClN3O3/c23-21-24-18-9-5-4-8-17(18)20(28)26(21)15-22(29)12-13-25(14-22)19(27)11-10-16-6-2-1-3-7-16/h1-9,29H,10-15H2. The van der Waals surface area contributed by atoms with Gasteiger partial charge in [0.25, 0.3) is 5.56 Å². The van der Waals surface area contributed by atoms with E-state index >= 15 is 0 Å². The zero-order valence-corrected chi connectivity index (χ0v) is 16.7. The van der Waals surface area contributed by atoms with Gasteiger partial charge in [0.1, 0.15) is 5.60 Å². The minimum atomic E-state index is -1.21. The maximum absolute atomic E-state index is 12.8. The summed E-state index contributed by atoms with van der Waals surface area (Å²) in [5.41, 5.74) is 0.133. The number of hydrogen-bond acceptors (Lipinski definition) is 4. The number of carbonyl (C=O) groups excluding carboxylic acids is 1. The minimum absolute atomic E-state index is 0.000131. The molecule has 1 unspecified atom stereocenters. The normalized spacial score (nSPS) is 19.0. The Morgan fingerprint density at radius 3 is 2.66 bits per heavy atom. The summed E-state index contributed by atoms with van der Waals surface area (Å²) in [5, 5.41) is 11.5. The first-order valence-corrected chi connectivity index (χ1v) is 10.0. The van der Waals surface area contributed by atoms with Crippen molar-refractivity contribution in [2.75, 3.05) is 13.1 Å². The number of fused-ring (bicyclic) bond motifs is 1. The van der Waals surface area contributed by atoms with E-state index < -0.39 is 5.60 Å². The maximum Gasteiger partial charge on any atom is 0.262 e. The largest absolute Gasteiger partial charge is 0.386 e. The summed E-state index contributed by atoms with van der Waals surface area (Å²) in [5.74, 6) is -0.000131. The van der Waals surface area contributed by atoms with Crippen LogP contribution in [0.3, 0.4) is 0 Å². The number of para-hydroxylation sites is 1. The van der Waals surface area contributed by atoms with E-state index in [0.29, 0.717) is 36.7 Å². The second-order valence-electron chi connectivity index (χ2n) is 7.56. The Kier molecular flexibility index (Phi) is 5.39. The highest BCUT2D eigenvalue weighted by atomic mass is 35.5. The van der Waals surface area contributed by atoms with Crippen molar-refractivity contribution in [3.63, 3.8) is 0 Å². The molecule has 0 bridgehead atoms. The van der Waals surface area contributed by atoms with Crippen LogP contribution in [-0.4, -0.2) is 44.2 Å². The molecule has 1 aromatic heterocycles. The van der Waals surface area contributed by atoms with E-state index in [1.165, 1.54) is 4.57 Å². The molecule has 1 N–H and O–H groups in total. The molecular weight excluding hydrogens is 390 g/mol. The fourth-order valence-electron chi connectivity index (χ4n) is 3.82. The van der Waals surface area contributed by atoms with E-state index in [4.69, 9.17) is 11.6 Å². The number of halogens is 1. The highest BCUT2D eigenvalue weighted by Gasteiger charge is 2.39. The Morgan fingerprint density at radius 2 is 1.86 bits per heavy atom. The van der Waals surface area contributed by atoms with Crippen molar-refractivity contribution in [3.8, 4) is 0 Å². The average Bonchev–Trinajstić information content (AvgIpc) is 3.12. The van der Waals surface area contributed by atoms with Gasteiger partial charge in [0.05, 0.1) is 24.0 Å². The first-order chi connectivity index (χ1) is 14.0. The first kappa shape index (κ1) is 19.6. The van der Waals surface area contributed by atoms with E-state index in [1.54, 1.807) is 29.2 Å². The van der Waals surface area contributed by atoms with Gasteiger partial charge in [-0.25, -0.2) is 4.98 Å². The van der Waals surface area contributed by atoms with Crippen LogP contribution in [0.15, 0.2) is 59.4 Å². The molecule has 1 aliphatic rings. The third kappa shape index (κ3) is 4.18. The molecule has 6 nitrogen and oxygen atoms in total. The Balaban J connectivity index is 1.46. The molecule has 1 saturated heterocycles. The van der Waals surface area contributed by atoms with E-state index in [2.05, 4.69) is 4.98 Å². The van der Waals surface area contributed by atoms with Crippen LogP contribution in [0, 0.1) is 0 Å². The molecule has 29 heavy (non-hydrogen) atoms. The number of hydrogen-bond donors (Lipinski definition) is 1. The van der Waals surface area contributed by atoms with Gasteiger partial charge < -0.3 is 10.0 Å². The van der Waals surface area contributed by atoms with Crippen LogP contribution in [0.5, 0.6) is 0 Å². The summed E-state index contributed by atoms with van der Waals surface area (Å²) < 4.78 is 1.29. The van der Waals surface area contributed by atoms with E-state index in [9.17, 15) is 14.7 Å². The quantitative estimate of drug-likeness (QED) is 0.655. The van der Waals surface area contributed by atoms with E-state index in [-0.39, 0.29) is 29.8 Å². The second kappa shape index (κ2) is 7.97. The summed E-state index contributed by atoms with van der Waals surface area (Å²) in [6, 6.07) is 16.8. The summed E-state index contributed by atoms with van der Waals surface area (Å²) in [6.45, 7) is 0.638. The molecule has 4 rings (SSSR count). The lowest BCUT2D eigenvalue weighted by Crippen LogP contribution is -2.42. The van der Waals surface area contributed by atoms with E-state index in [1.807, 2.05) is 30.3 Å². The summed E-state index contributed by atoms with van der Waals surface area (Å²) in [7, 11) is 0. The number of aromatic nitrogens is 2. The number of rotatable bonds is 5.